The van der Waals surface area contributed by atoms with Gasteiger partial charge in [-0.05, 0) is 32.3 Å². The Morgan fingerprint density at radius 2 is 2.00 bits per heavy atom. The molecule has 0 spiro atoms. The molecule has 1 N–H and O–H groups in total. The van der Waals surface area contributed by atoms with Crippen molar-refractivity contribution < 1.29 is 14.0 Å². The van der Waals surface area contributed by atoms with Crippen molar-refractivity contribution in [2.45, 2.75) is 50.9 Å². The summed E-state index contributed by atoms with van der Waals surface area (Å²) in [5.41, 5.74) is 1.64. The predicted molar refractivity (Wildman–Crippen MR) is 86.6 cm³/mol. The maximum absolute atomic E-state index is 13.9. The average Bonchev–Trinajstić information content (AvgIpc) is 3.21. The predicted octanol–water partition coefficient (Wildman–Crippen LogP) is 1.20. The maximum Gasteiger partial charge on any atom is 0.246 e. The molecule has 128 valence electrons. The quantitative estimate of drug-likeness (QED) is 0.905. The summed E-state index contributed by atoms with van der Waals surface area (Å²) in [6.07, 6.45) is 2.30. The van der Waals surface area contributed by atoms with E-state index in [1.54, 1.807) is 15.9 Å². The van der Waals surface area contributed by atoms with E-state index in [1.807, 2.05) is 13.0 Å². The highest BCUT2D eigenvalue weighted by Crippen LogP contribution is 2.32. The molecule has 0 aliphatic carbocycles. The Kier molecular flexibility index (Phi) is 3.79. The van der Waals surface area contributed by atoms with Gasteiger partial charge in [0.1, 0.15) is 17.9 Å². The van der Waals surface area contributed by atoms with Crippen LogP contribution in [-0.2, 0) is 16.1 Å². The minimum absolute atomic E-state index is 0.0304. The van der Waals surface area contributed by atoms with Crippen molar-refractivity contribution in [3.05, 3.63) is 35.1 Å². The van der Waals surface area contributed by atoms with Crippen LogP contribution < -0.4 is 5.32 Å². The van der Waals surface area contributed by atoms with Gasteiger partial charge in [-0.25, -0.2) is 4.39 Å². The monoisotopic (exact) mass is 331 g/mol. The highest BCUT2D eigenvalue weighted by molar-refractivity contribution is 5.98. The van der Waals surface area contributed by atoms with Gasteiger partial charge in [-0.15, -0.1) is 0 Å². The molecule has 2 amide bonds. The van der Waals surface area contributed by atoms with Gasteiger partial charge in [0.25, 0.3) is 0 Å². The SMILES string of the molecule is Cc1ccc(F)c(CN[C@H]2C[C@H]3C(=O)N4CCC[C@@H]4C(=O)N3C2)c1. The number of nitrogens with zero attached hydrogens (tertiary/aromatic N) is 2. The Morgan fingerprint density at radius 1 is 1.21 bits per heavy atom. The molecule has 3 heterocycles. The van der Waals surface area contributed by atoms with E-state index in [9.17, 15) is 14.0 Å². The second kappa shape index (κ2) is 5.84. The maximum atomic E-state index is 13.9. The lowest BCUT2D eigenvalue weighted by Gasteiger charge is -2.38. The molecule has 0 aromatic heterocycles. The van der Waals surface area contributed by atoms with Gasteiger partial charge in [-0.3, -0.25) is 9.59 Å². The summed E-state index contributed by atoms with van der Waals surface area (Å²) in [4.78, 5) is 28.7. The molecule has 24 heavy (non-hydrogen) atoms. The van der Waals surface area contributed by atoms with Crippen molar-refractivity contribution in [1.29, 1.82) is 0 Å². The Bertz CT molecular complexity index is 663. The Balaban J connectivity index is 1.44. The first-order valence-corrected chi connectivity index (χ1v) is 8.64. The second-order valence-electron chi connectivity index (χ2n) is 7.10. The van der Waals surface area contributed by atoms with Crippen molar-refractivity contribution in [2.75, 3.05) is 13.1 Å². The van der Waals surface area contributed by atoms with Gasteiger partial charge in [0, 0.05) is 31.2 Å². The van der Waals surface area contributed by atoms with Gasteiger partial charge < -0.3 is 15.1 Å². The molecule has 3 saturated heterocycles. The van der Waals surface area contributed by atoms with Crippen LogP contribution in [0.3, 0.4) is 0 Å². The van der Waals surface area contributed by atoms with Crippen LogP contribution >= 0.6 is 0 Å². The number of benzene rings is 1. The number of carbonyl (C=O) groups is 2. The van der Waals surface area contributed by atoms with Gasteiger partial charge >= 0.3 is 0 Å². The van der Waals surface area contributed by atoms with Gasteiger partial charge in [-0.1, -0.05) is 17.7 Å². The fraction of sp³-hybridized carbons (Fsp3) is 0.556. The number of piperazine rings is 1. The lowest BCUT2D eigenvalue weighted by atomic mass is 10.1. The zero-order chi connectivity index (χ0) is 16.8. The lowest BCUT2D eigenvalue weighted by Crippen LogP contribution is -2.60. The Morgan fingerprint density at radius 3 is 2.83 bits per heavy atom. The number of hydrogen-bond donors (Lipinski definition) is 1. The van der Waals surface area contributed by atoms with Gasteiger partial charge in [0.05, 0.1) is 0 Å². The number of hydrogen-bond acceptors (Lipinski definition) is 3. The van der Waals surface area contributed by atoms with Crippen LogP contribution in [0.25, 0.3) is 0 Å². The molecular weight excluding hydrogens is 309 g/mol. The molecule has 4 rings (SSSR count). The largest absolute Gasteiger partial charge is 0.329 e. The van der Waals surface area contributed by atoms with Gasteiger partial charge in [0.2, 0.25) is 11.8 Å². The van der Waals surface area contributed by atoms with E-state index in [0.717, 1.165) is 18.4 Å². The molecule has 1 aromatic carbocycles. The van der Waals surface area contributed by atoms with Crippen LogP contribution in [-0.4, -0.2) is 52.8 Å². The number of fused-ring (bicyclic) bond motifs is 2. The fourth-order valence-electron chi connectivity index (χ4n) is 4.22. The van der Waals surface area contributed by atoms with Crippen molar-refractivity contribution in [3.63, 3.8) is 0 Å². The lowest BCUT2D eigenvalue weighted by molar-refractivity contribution is -0.156. The van der Waals surface area contributed by atoms with E-state index in [0.29, 0.717) is 31.6 Å². The van der Waals surface area contributed by atoms with Crippen LogP contribution in [0, 0.1) is 12.7 Å². The third-order valence-corrected chi connectivity index (χ3v) is 5.47. The number of rotatable bonds is 3. The third kappa shape index (κ3) is 2.49. The van der Waals surface area contributed by atoms with E-state index in [1.165, 1.54) is 6.07 Å². The molecule has 1 aromatic rings. The van der Waals surface area contributed by atoms with Crippen molar-refractivity contribution in [1.82, 2.24) is 15.1 Å². The summed E-state index contributed by atoms with van der Waals surface area (Å²) >= 11 is 0. The highest BCUT2D eigenvalue weighted by atomic mass is 19.1. The summed E-state index contributed by atoms with van der Waals surface area (Å²) < 4.78 is 13.9. The standard InChI is InChI=1S/C18H22FN3O2/c1-11-4-5-14(19)12(7-11)9-20-13-8-16-18(24)21-6-2-3-15(21)17(23)22(16)10-13/h4-5,7,13,15-16,20H,2-3,6,8-10H2,1H3/t13-,15+,16-/m0/s1. The summed E-state index contributed by atoms with van der Waals surface area (Å²) in [7, 11) is 0. The topological polar surface area (TPSA) is 52.7 Å². The molecule has 0 saturated carbocycles. The smallest absolute Gasteiger partial charge is 0.246 e. The summed E-state index contributed by atoms with van der Waals surface area (Å²) in [5, 5.41) is 3.32. The van der Waals surface area contributed by atoms with E-state index >= 15 is 0 Å². The van der Waals surface area contributed by atoms with E-state index in [2.05, 4.69) is 5.32 Å². The van der Waals surface area contributed by atoms with Crippen LogP contribution in [0.5, 0.6) is 0 Å². The van der Waals surface area contributed by atoms with Crippen LogP contribution in [0.15, 0.2) is 18.2 Å². The minimum atomic E-state index is -0.341. The van der Waals surface area contributed by atoms with Gasteiger partial charge in [-0.2, -0.15) is 0 Å². The molecule has 3 aliphatic heterocycles. The minimum Gasteiger partial charge on any atom is -0.329 e. The Hall–Kier alpha value is -1.95. The summed E-state index contributed by atoms with van der Waals surface area (Å²) in [6, 6.07) is 4.50. The number of amides is 2. The van der Waals surface area contributed by atoms with Crippen molar-refractivity contribution in [3.8, 4) is 0 Å². The number of halogens is 1. The number of aryl methyl sites for hydroxylation is 1. The van der Waals surface area contributed by atoms with Crippen LogP contribution in [0.1, 0.15) is 30.4 Å². The first-order chi connectivity index (χ1) is 11.5. The Labute approximate surface area is 140 Å². The van der Waals surface area contributed by atoms with E-state index in [4.69, 9.17) is 0 Å². The average molecular weight is 331 g/mol. The molecule has 0 radical (unpaired) electrons. The summed E-state index contributed by atoms with van der Waals surface area (Å²) in [5.74, 6) is -0.0529. The van der Waals surface area contributed by atoms with Crippen LogP contribution in [0.2, 0.25) is 0 Å². The zero-order valence-corrected chi connectivity index (χ0v) is 13.8. The first kappa shape index (κ1) is 15.6. The van der Waals surface area contributed by atoms with Crippen molar-refractivity contribution >= 4 is 11.8 Å². The normalized spacial score (nSPS) is 29.2. The fourth-order valence-corrected chi connectivity index (χ4v) is 4.22. The zero-order valence-electron chi connectivity index (χ0n) is 13.8. The molecular formula is C18H22FN3O2. The van der Waals surface area contributed by atoms with E-state index in [-0.39, 0.29) is 35.8 Å². The molecule has 0 unspecified atom stereocenters. The molecule has 6 heteroatoms. The number of carbonyl (C=O) groups excluding carboxylic acids is 2. The highest BCUT2D eigenvalue weighted by Gasteiger charge is 2.51. The molecule has 0 bridgehead atoms. The van der Waals surface area contributed by atoms with Crippen LogP contribution in [0.4, 0.5) is 4.39 Å². The molecule has 5 nitrogen and oxygen atoms in total. The second-order valence-corrected chi connectivity index (χ2v) is 7.10. The van der Waals surface area contributed by atoms with E-state index < -0.39 is 0 Å². The first-order valence-electron chi connectivity index (χ1n) is 8.64. The van der Waals surface area contributed by atoms with Crippen molar-refractivity contribution in [2.24, 2.45) is 0 Å². The molecule has 3 fully saturated rings. The molecule has 3 aliphatic rings. The molecule has 3 atom stereocenters. The summed E-state index contributed by atoms with van der Waals surface area (Å²) in [6.45, 7) is 3.58. The van der Waals surface area contributed by atoms with Gasteiger partial charge in [0.15, 0.2) is 0 Å². The number of nitrogens with one attached hydrogen (secondary N) is 1. The third-order valence-electron chi connectivity index (χ3n) is 5.47.